The molecular formula is C11H19N3O. The van der Waals surface area contributed by atoms with Gasteiger partial charge in [0, 0.05) is 26.8 Å². The summed E-state index contributed by atoms with van der Waals surface area (Å²) in [5, 5.41) is 6.43. The van der Waals surface area contributed by atoms with E-state index < -0.39 is 0 Å². The summed E-state index contributed by atoms with van der Waals surface area (Å²) >= 11 is 0. The van der Waals surface area contributed by atoms with Crippen LogP contribution in [0.15, 0.2) is 18.5 Å². The molecule has 1 rings (SSSR count). The summed E-state index contributed by atoms with van der Waals surface area (Å²) in [6.45, 7) is 2.90. The van der Waals surface area contributed by atoms with Crippen molar-refractivity contribution < 1.29 is 4.74 Å². The van der Waals surface area contributed by atoms with E-state index in [-0.39, 0.29) is 0 Å². The third kappa shape index (κ3) is 4.16. The number of anilines is 2. The molecule has 1 aromatic rings. The quantitative estimate of drug-likeness (QED) is 0.752. The fourth-order valence-corrected chi connectivity index (χ4v) is 1.31. The molecule has 0 aliphatic carbocycles. The Bertz CT molecular complexity index is 291. The Morgan fingerprint density at radius 1 is 1.40 bits per heavy atom. The number of ether oxygens (including phenoxy) is 1. The predicted molar refractivity (Wildman–Crippen MR) is 63.4 cm³/mol. The highest BCUT2D eigenvalue weighted by atomic mass is 16.5. The number of pyridine rings is 1. The summed E-state index contributed by atoms with van der Waals surface area (Å²) in [5.41, 5.74) is 2.05. The number of rotatable bonds is 6. The maximum Gasteiger partial charge on any atom is 0.0549 e. The van der Waals surface area contributed by atoms with Crippen LogP contribution < -0.4 is 10.6 Å². The fourth-order valence-electron chi connectivity index (χ4n) is 1.31. The second-order valence-electron chi connectivity index (χ2n) is 3.54. The molecule has 0 amide bonds. The molecule has 1 aromatic heterocycles. The molecule has 0 bridgehead atoms. The number of hydrogen-bond acceptors (Lipinski definition) is 4. The van der Waals surface area contributed by atoms with Crippen LogP contribution in [0.4, 0.5) is 11.4 Å². The smallest absolute Gasteiger partial charge is 0.0549 e. The summed E-state index contributed by atoms with van der Waals surface area (Å²) in [7, 11) is 3.60. The largest absolute Gasteiger partial charge is 0.387 e. The Morgan fingerprint density at radius 3 is 2.80 bits per heavy atom. The molecule has 0 aliphatic rings. The van der Waals surface area contributed by atoms with E-state index in [2.05, 4.69) is 22.5 Å². The number of aromatic nitrogens is 1. The van der Waals surface area contributed by atoms with Gasteiger partial charge in [0.25, 0.3) is 0 Å². The molecule has 15 heavy (non-hydrogen) atoms. The third-order valence-electron chi connectivity index (χ3n) is 2.19. The van der Waals surface area contributed by atoms with Gasteiger partial charge in [-0.05, 0) is 19.4 Å². The van der Waals surface area contributed by atoms with Crippen LogP contribution in [0.2, 0.25) is 0 Å². The number of methoxy groups -OCH3 is 1. The van der Waals surface area contributed by atoms with E-state index in [1.807, 2.05) is 19.3 Å². The van der Waals surface area contributed by atoms with E-state index in [0.29, 0.717) is 6.04 Å². The van der Waals surface area contributed by atoms with Gasteiger partial charge >= 0.3 is 0 Å². The van der Waals surface area contributed by atoms with Crippen LogP contribution in [0, 0.1) is 0 Å². The summed E-state index contributed by atoms with van der Waals surface area (Å²) in [6, 6.07) is 2.43. The summed E-state index contributed by atoms with van der Waals surface area (Å²) < 4.78 is 5.03. The van der Waals surface area contributed by atoms with Gasteiger partial charge in [0.15, 0.2) is 0 Å². The molecule has 1 heterocycles. The van der Waals surface area contributed by atoms with Crippen LogP contribution in [-0.4, -0.2) is 31.8 Å². The lowest BCUT2D eigenvalue weighted by Gasteiger charge is -2.14. The highest BCUT2D eigenvalue weighted by Gasteiger charge is 2.02. The molecular weight excluding hydrogens is 190 g/mol. The molecule has 1 atom stereocenters. The van der Waals surface area contributed by atoms with E-state index in [1.165, 1.54) is 0 Å². The third-order valence-corrected chi connectivity index (χ3v) is 2.19. The van der Waals surface area contributed by atoms with E-state index in [0.717, 1.165) is 24.4 Å². The fraction of sp³-hybridized carbons (Fsp3) is 0.545. The zero-order valence-corrected chi connectivity index (χ0v) is 9.58. The Labute approximate surface area is 91.1 Å². The number of hydrogen-bond donors (Lipinski definition) is 2. The van der Waals surface area contributed by atoms with Gasteiger partial charge in [-0.15, -0.1) is 0 Å². The second-order valence-corrected chi connectivity index (χ2v) is 3.54. The Balaban J connectivity index is 2.48. The van der Waals surface area contributed by atoms with Crippen molar-refractivity contribution in [1.82, 2.24) is 4.98 Å². The molecule has 0 saturated heterocycles. The van der Waals surface area contributed by atoms with Crippen molar-refractivity contribution in [2.75, 3.05) is 31.4 Å². The summed E-state index contributed by atoms with van der Waals surface area (Å²) in [4.78, 5) is 4.13. The van der Waals surface area contributed by atoms with Gasteiger partial charge in [-0.25, -0.2) is 0 Å². The van der Waals surface area contributed by atoms with Crippen molar-refractivity contribution in [3.63, 3.8) is 0 Å². The molecule has 4 nitrogen and oxygen atoms in total. The van der Waals surface area contributed by atoms with Crippen molar-refractivity contribution in [1.29, 1.82) is 0 Å². The van der Waals surface area contributed by atoms with Crippen LogP contribution in [-0.2, 0) is 4.74 Å². The molecule has 0 saturated carbocycles. The first kappa shape index (κ1) is 11.8. The molecule has 0 radical (unpaired) electrons. The highest BCUT2D eigenvalue weighted by Crippen LogP contribution is 2.13. The Kier molecular flexibility index (Phi) is 4.90. The van der Waals surface area contributed by atoms with Gasteiger partial charge in [0.05, 0.1) is 23.8 Å². The standard InChI is InChI=1S/C11H19N3O/c1-9(4-5-15-3)14-11-6-10(12-2)7-13-8-11/h6-9,12,14H,4-5H2,1-3H3. The highest BCUT2D eigenvalue weighted by molar-refractivity contribution is 5.53. The van der Waals surface area contributed by atoms with Gasteiger partial charge in [0.1, 0.15) is 0 Å². The normalized spacial score (nSPS) is 12.2. The molecule has 1 unspecified atom stereocenters. The van der Waals surface area contributed by atoms with Crippen molar-refractivity contribution in [3.8, 4) is 0 Å². The van der Waals surface area contributed by atoms with E-state index >= 15 is 0 Å². The van der Waals surface area contributed by atoms with Gasteiger partial charge in [-0.1, -0.05) is 0 Å². The maximum atomic E-state index is 5.03. The first-order valence-corrected chi connectivity index (χ1v) is 5.14. The zero-order chi connectivity index (χ0) is 11.1. The minimum absolute atomic E-state index is 0.388. The minimum atomic E-state index is 0.388. The average molecular weight is 209 g/mol. The lowest BCUT2D eigenvalue weighted by molar-refractivity contribution is 0.191. The molecule has 2 N–H and O–H groups in total. The lowest BCUT2D eigenvalue weighted by Crippen LogP contribution is -2.17. The Hall–Kier alpha value is -1.29. The topological polar surface area (TPSA) is 46.2 Å². The van der Waals surface area contributed by atoms with E-state index in [1.54, 1.807) is 13.3 Å². The second kappa shape index (κ2) is 6.24. The van der Waals surface area contributed by atoms with E-state index in [4.69, 9.17) is 4.74 Å². The molecule has 84 valence electrons. The van der Waals surface area contributed by atoms with Gasteiger partial charge < -0.3 is 15.4 Å². The van der Waals surface area contributed by atoms with Crippen molar-refractivity contribution in [2.45, 2.75) is 19.4 Å². The first-order valence-electron chi connectivity index (χ1n) is 5.14. The molecule has 0 aliphatic heterocycles. The first-order chi connectivity index (χ1) is 7.26. The van der Waals surface area contributed by atoms with Crippen LogP contribution in [0.5, 0.6) is 0 Å². The molecule has 4 heteroatoms. The monoisotopic (exact) mass is 209 g/mol. The van der Waals surface area contributed by atoms with Gasteiger partial charge in [0.2, 0.25) is 0 Å². The maximum absolute atomic E-state index is 5.03. The SMILES string of the molecule is CNc1cncc(NC(C)CCOC)c1. The van der Waals surface area contributed by atoms with E-state index in [9.17, 15) is 0 Å². The van der Waals surface area contributed by atoms with Crippen LogP contribution in [0.3, 0.4) is 0 Å². The van der Waals surface area contributed by atoms with Crippen LogP contribution in [0.25, 0.3) is 0 Å². The molecule has 0 fully saturated rings. The summed E-state index contributed by atoms with van der Waals surface area (Å²) in [6.07, 6.45) is 4.61. The molecule has 0 aromatic carbocycles. The van der Waals surface area contributed by atoms with Gasteiger partial charge in [-0.3, -0.25) is 4.98 Å². The van der Waals surface area contributed by atoms with Crippen molar-refractivity contribution in [2.24, 2.45) is 0 Å². The number of nitrogens with zero attached hydrogens (tertiary/aromatic N) is 1. The van der Waals surface area contributed by atoms with Crippen molar-refractivity contribution >= 4 is 11.4 Å². The number of nitrogens with one attached hydrogen (secondary N) is 2. The summed E-state index contributed by atoms with van der Waals surface area (Å²) in [5.74, 6) is 0. The molecule has 0 spiro atoms. The average Bonchev–Trinajstić information content (AvgIpc) is 2.26. The Morgan fingerprint density at radius 2 is 2.13 bits per heavy atom. The van der Waals surface area contributed by atoms with Crippen LogP contribution in [0.1, 0.15) is 13.3 Å². The minimum Gasteiger partial charge on any atom is -0.387 e. The predicted octanol–water partition coefficient (Wildman–Crippen LogP) is 1.96. The van der Waals surface area contributed by atoms with Crippen LogP contribution >= 0.6 is 0 Å². The van der Waals surface area contributed by atoms with Gasteiger partial charge in [-0.2, -0.15) is 0 Å². The van der Waals surface area contributed by atoms with Crippen molar-refractivity contribution in [3.05, 3.63) is 18.5 Å². The lowest BCUT2D eigenvalue weighted by atomic mass is 10.2. The zero-order valence-electron chi connectivity index (χ0n) is 9.58.